The molecule has 2 aromatic rings. The van der Waals surface area contributed by atoms with Crippen LogP contribution in [0.3, 0.4) is 0 Å². The van der Waals surface area contributed by atoms with Crippen molar-refractivity contribution < 1.29 is 43.0 Å². The number of nitrogens with zero attached hydrogens (tertiary/aromatic N) is 3. The monoisotopic (exact) mass is 459 g/mol. The van der Waals surface area contributed by atoms with Crippen molar-refractivity contribution in [3.05, 3.63) is 16.7 Å². The number of imidazole rings is 1. The normalized spacial score (nSPS) is 27.9. The van der Waals surface area contributed by atoms with Crippen molar-refractivity contribution in [3.8, 4) is 0 Å². The molecule has 0 aliphatic carbocycles. The molecule has 1 saturated heterocycles. The molecule has 3 unspecified atom stereocenters. The highest BCUT2D eigenvalue weighted by atomic mass is 32.5. The van der Waals surface area contributed by atoms with Gasteiger partial charge in [-0.25, -0.2) is 13.9 Å². The quantitative estimate of drug-likeness (QED) is 0.224. The number of hydrogen-bond donors (Lipinski definition) is 7. The Labute approximate surface area is 160 Å². The molecule has 1 fully saturated rings. The highest BCUT2D eigenvalue weighted by molar-refractivity contribution is 8.08. The molecule has 5 atom stereocenters. The predicted molar refractivity (Wildman–Crippen MR) is 94.1 cm³/mol. The zero-order valence-electron chi connectivity index (χ0n) is 13.6. The number of ether oxygens (including phenoxy) is 1. The van der Waals surface area contributed by atoms with E-state index in [0.717, 1.165) is 10.9 Å². The van der Waals surface area contributed by atoms with E-state index >= 15 is 0 Å². The van der Waals surface area contributed by atoms with Crippen molar-refractivity contribution in [1.29, 1.82) is 0 Å². The van der Waals surface area contributed by atoms with Crippen molar-refractivity contribution in [2.75, 3.05) is 12.3 Å². The minimum atomic E-state index is -4.97. The third-order valence-corrected chi connectivity index (χ3v) is 6.43. The summed E-state index contributed by atoms with van der Waals surface area (Å²) in [6.07, 6.45) is -4.65. The van der Waals surface area contributed by atoms with Crippen LogP contribution in [0.1, 0.15) is 6.23 Å². The van der Waals surface area contributed by atoms with Crippen LogP contribution >= 0.6 is 14.5 Å². The Kier molecular flexibility index (Phi) is 5.75. The maximum absolute atomic E-state index is 11.8. The topological polar surface area (TPSA) is 235 Å². The number of aliphatic hydroxyl groups excluding tert-OH is 2. The van der Waals surface area contributed by atoms with E-state index in [-0.39, 0.29) is 17.1 Å². The molecule has 1 aliphatic rings. The van der Waals surface area contributed by atoms with Gasteiger partial charge in [0.05, 0.1) is 12.9 Å². The molecule has 3 rings (SSSR count). The summed E-state index contributed by atoms with van der Waals surface area (Å²) in [5.74, 6) is -0.214. The molecule has 0 radical (unpaired) electrons. The second kappa shape index (κ2) is 7.51. The SMILES string of the molecule is Nc1nc2c(ncn2C2OC(COP(=O)(O)OP(O)(O)=S)[C@H](O)[C@@H]2O)c(=O)[nH]1. The van der Waals surface area contributed by atoms with Gasteiger partial charge < -0.3 is 35.4 Å². The van der Waals surface area contributed by atoms with Gasteiger partial charge in [-0.05, 0) is 11.8 Å². The lowest BCUT2D eigenvalue weighted by Crippen LogP contribution is -2.33. The molecule has 28 heavy (non-hydrogen) atoms. The second-order valence-electron chi connectivity index (χ2n) is 5.66. The third kappa shape index (κ3) is 4.48. The predicted octanol–water partition coefficient (Wildman–Crippen LogP) is -2.34. The van der Waals surface area contributed by atoms with E-state index in [1.807, 2.05) is 0 Å². The van der Waals surface area contributed by atoms with E-state index < -0.39 is 51.2 Å². The Morgan fingerprint density at radius 1 is 1.36 bits per heavy atom. The van der Waals surface area contributed by atoms with Crippen LogP contribution < -0.4 is 11.3 Å². The molecule has 0 aromatic carbocycles. The molecule has 1 aliphatic heterocycles. The fourth-order valence-electron chi connectivity index (χ4n) is 2.55. The standard InChI is InChI=1S/C10H15N5O10P2S/c11-10-13-7-4(8(18)14-10)12-2-15(7)9-6(17)5(16)3(24-9)1-23-26(19,20)25-27(21,22)28/h2-3,5-6,9,16-17H,1H2,(H,19,20)(H2,21,22,28)(H3,11,13,14,18)/t3?,5-,6-,9?/m0/s1. The van der Waals surface area contributed by atoms with Gasteiger partial charge in [-0.2, -0.15) is 4.98 Å². The highest BCUT2D eigenvalue weighted by Crippen LogP contribution is 2.58. The average molecular weight is 459 g/mol. The number of aromatic nitrogens is 4. The number of anilines is 1. The molecule has 3 heterocycles. The lowest BCUT2D eigenvalue weighted by Gasteiger charge is -2.18. The Bertz CT molecular complexity index is 1040. The minimum Gasteiger partial charge on any atom is -0.387 e. The van der Waals surface area contributed by atoms with Gasteiger partial charge in [-0.3, -0.25) is 18.9 Å². The molecule has 0 saturated carbocycles. The van der Waals surface area contributed by atoms with Gasteiger partial charge in [-0.1, -0.05) is 0 Å². The molecule has 18 heteroatoms. The Hall–Kier alpha value is -1.29. The van der Waals surface area contributed by atoms with Crippen LogP contribution in [0.25, 0.3) is 11.2 Å². The molecule has 0 spiro atoms. The van der Waals surface area contributed by atoms with E-state index in [2.05, 4.69) is 35.6 Å². The summed E-state index contributed by atoms with van der Waals surface area (Å²) in [5.41, 5.74) is 4.73. The van der Waals surface area contributed by atoms with E-state index in [0.29, 0.717) is 0 Å². The van der Waals surface area contributed by atoms with Gasteiger partial charge in [0.2, 0.25) is 5.95 Å². The highest BCUT2D eigenvalue weighted by Gasteiger charge is 2.45. The second-order valence-corrected chi connectivity index (χ2v) is 9.91. The number of fused-ring (bicyclic) bond motifs is 1. The fraction of sp³-hybridized carbons (Fsp3) is 0.500. The molecule has 15 nitrogen and oxygen atoms in total. The number of phosphoric ester groups is 1. The number of aliphatic hydroxyl groups is 2. The van der Waals surface area contributed by atoms with Crippen LogP contribution in [-0.4, -0.2) is 69.3 Å². The minimum absolute atomic E-state index is 0.0310. The van der Waals surface area contributed by atoms with Crippen LogP contribution in [0, 0.1) is 0 Å². The first-order chi connectivity index (χ1) is 12.9. The maximum atomic E-state index is 11.8. The zero-order valence-corrected chi connectivity index (χ0v) is 16.2. The number of aromatic amines is 1. The van der Waals surface area contributed by atoms with Gasteiger partial charge in [-0.15, -0.1) is 0 Å². The van der Waals surface area contributed by atoms with Crippen molar-refractivity contribution in [1.82, 2.24) is 19.5 Å². The van der Waals surface area contributed by atoms with E-state index in [1.54, 1.807) is 0 Å². The van der Waals surface area contributed by atoms with Crippen LogP contribution in [0.2, 0.25) is 0 Å². The van der Waals surface area contributed by atoms with Crippen molar-refractivity contribution >= 4 is 43.5 Å². The molecule has 156 valence electrons. The van der Waals surface area contributed by atoms with E-state index in [9.17, 15) is 24.5 Å². The van der Waals surface area contributed by atoms with E-state index in [1.165, 1.54) is 0 Å². The molecule has 2 aromatic heterocycles. The summed E-state index contributed by atoms with van der Waals surface area (Å²) in [6.45, 7) is -5.26. The Morgan fingerprint density at radius 3 is 2.68 bits per heavy atom. The van der Waals surface area contributed by atoms with Crippen LogP contribution in [-0.2, 0) is 29.9 Å². The van der Waals surface area contributed by atoms with Crippen LogP contribution in [0.15, 0.2) is 11.1 Å². The lowest BCUT2D eigenvalue weighted by molar-refractivity contribution is -0.0502. The molecule has 0 bridgehead atoms. The van der Waals surface area contributed by atoms with Crippen LogP contribution in [0.5, 0.6) is 0 Å². The first kappa shape index (κ1) is 21.4. The first-order valence-electron chi connectivity index (χ1n) is 7.36. The van der Waals surface area contributed by atoms with Crippen molar-refractivity contribution in [2.45, 2.75) is 24.5 Å². The number of H-pyrrole nitrogens is 1. The smallest absolute Gasteiger partial charge is 0.387 e. The summed E-state index contributed by atoms with van der Waals surface area (Å²) in [7, 11) is -4.97. The van der Waals surface area contributed by atoms with Gasteiger partial charge in [0.1, 0.15) is 18.3 Å². The summed E-state index contributed by atoms with van der Waals surface area (Å²) in [4.78, 5) is 49.0. The maximum Gasteiger partial charge on any atom is 0.479 e. The summed E-state index contributed by atoms with van der Waals surface area (Å²) < 4.78 is 26.7. The van der Waals surface area contributed by atoms with Gasteiger partial charge in [0, 0.05) is 0 Å². The number of nitrogen functional groups attached to an aromatic ring is 1. The Balaban J connectivity index is 1.79. The molecular formula is C10H15N5O10P2S. The van der Waals surface area contributed by atoms with Crippen LogP contribution in [0.4, 0.5) is 5.95 Å². The zero-order chi connectivity index (χ0) is 20.9. The van der Waals surface area contributed by atoms with Gasteiger partial charge in [0.25, 0.3) is 5.56 Å². The number of nitrogens with one attached hydrogen (secondary N) is 1. The third-order valence-electron chi connectivity index (χ3n) is 3.67. The summed E-state index contributed by atoms with van der Waals surface area (Å²) in [6, 6.07) is 0. The first-order valence-corrected chi connectivity index (χ1v) is 11.5. The average Bonchev–Trinajstić information content (AvgIpc) is 3.06. The molecule has 0 amide bonds. The largest absolute Gasteiger partial charge is 0.479 e. The Morgan fingerprint density at radius 2 is 2.04 bits per heavy atom. The molecule has 8 N–H and O–H groups in total. The van der Waals surface area contributed by atoms with E-state index in [4.69, 9.17) is 20.3 Å². The molecular weight excluding hydrogens is 444 g/mol. The summed E-state index contributed by atoms with van der Waals surface area (Å²) in [5, 5.41) is 20.3. The van der Waals surface area contributed by atoms with Crippen molar-refractivity contribution in [2.24, 2.45) is 0 Å². The van der Waals surface area contributed by atoms with Gasteiger partial charge >= 0.3 is 14.5 Å². The number of rotatable bonds is 6. The fourth-order valence-corrected chi connectivity index (χ4v) is 4.91. The number of nitrogens with two attached hydrogens (primary N) is 1. The number of hydrogen-bond acceptors (Lipinski definition) is 11. The summed E-state index contributed by atoms with van der Waals surface area (Å²) >= 11 is 4.07. The number of phosphoric acid groups is 1. The lowest BCUT2D eigenvalue weighted by atomic mass is 10.1. The van der Waals surface area contributed by atoms with Crippen molar-refractivity contribution in [3.63, 3.8) is 0 Å². The van der Waals surface area contributed by atoms with Gasteiger partial charge in [0.15, 0.2) is 17.4 Å².